The molecule has 0 saturated carbocycles. The zero-order valence-electron chi connectivity index (χ0n) is 10.9. The van der Waals surface area contributed by atoms with Crippen molar-refractivity contribution in [2.75, 3.05) is 45.3 Å². The first-order valence-electron chi connectivity index (χ1n) is 6.06. The fourth-order valence-electron chi connectivity index (χ4n) is 1.35. The fourth-order valence-corrected chi connectivity index (χ4v) is 1.35. The van der Waals surface area contributed by atoms with Crippen molar-refractivity contribution in [1.82, 2.24) is 5.32 Å². The van der Waals surface area contributed by atoms with Crippen LogP contribution in [0.15, 0.2) is 24.3 Å². The lowest BCUT2D eigenvalue weighted by molar-refractivity contribution is -0.115. The van der Waals surface area contributed by atoms with Gasteiger partial charge in [0, 0.05) is 13.7 Å². The van der Waals surface area contributed by atoms with Crippen LogP contribution in [0.5, 0.6) is 0 Å². The van der Waals surface area contributed by atoms with Gasteiger partial charge in [0.1, 0.15) is 5.82 Å². The van der Waals surface area contributed by atoms with E-state index in [2.05, 4.69) is 10.6 Å². The third kappa shape index (κ3) is 6.85. The minimum Gasteiger partial charge on any atom is -0.382 e. The molecule has 0 aliphatic heterocycles. The standard InChI is InChI=1S/C13H19FN2O3/c1-18-8-9-19-7-6-15-10-13(17)16-12-5-3-2-4-11(12)14/h2-5,15H,6-10H2,1H3,(H,16,17). The summed E-state index contributed by atoms with van der Waals surface area (Å²) >= 11 is 0. The highest BCUT2D eigenvalue weighted by Crippen LogP contribution is 2.11. The highest BCUT2D eigenvalue weighted by Gasteiger charge is 2.05. The van der Waals surface area contributed by atoms with E-state index in [1.165, 1.54) is 12.1 Å². The number of hydrogen-bond acceptors (Lipinski definition) is 4. The number of hydrogen-bond donors (Lipinski definition) is 2. The van der Waals surface area contributed by atoms with E-state index in [-0.39, 0.29) is 18.1 Å². The van der Waals surface area contributed by atoms with Crippen molar-refractivity contribution < 1.29 is 18.7 Å². The smallest absolute Gasteiger partial charge is 0.238 e. The number of carbonyl (C=O) groups excluding carboxylic acids is 1. The van der Waals surface area contributed by atoms with Crippen molar-refractivity contribution in [1.29, 1.82) is 0 Å². The van der Waals surface area contributed by atoms with Crippen molar-refractivity contribution in [3.05, 3.63) is 30.1 Å². The van der Waals surface area contributed by atoms with Gasteiger partial charge in [0.25, 0.3) is 0 Å². The SMILES string of the molecule is COCCOCCNCC(=O)Nc1ccccc1F. The average molecular weight is 270 g/mol. The normalized spacial score (nSPS) is 10.4. The Morgan fingerprint density at radius 2 is 2.05 bits per heavy atom. The summed E-state index contributed by atoms with van der Waals surface area (Å²) in [5, 5.41) is 5.39. The molecule has 0 aliphatic rings. The van der Waals surface area contributed by atoms with E-state index in [0.717, 1.165) is 0 Å². The van der Waals surface area contributed by atoms with Gasteiger partial charge in [-0.1, -0.05) is 12.1 Å². The van der Waals surface area contributed by atoms with Gasteiger partial charge in [-0.15, -0.1) is 0 Å². The molecule has 0 aliphatic carbocycles. The van der Waals surface area contributed by atoms with Crippen LogP contribution < -0.4 is 10.6 Å². The van der Waals surface area contributed by atoms with Crippen LogP contribution in [0.3, 0.4) is 0 Å². The van der Waals surface area contributed by atoms with E-state index < -0.39 is 5.82 Å². The maximum atomic E-state index is 13.2. The number of methoxy groups -OCH3 is 1. The van der Waals surface area contributed by atoms with Gasteiger partial charge in [0.15, 0.2) is 0 Å². The molecule has 1 aromatic rings. The van der Waals surface area contributed by atoms with Crippen LogP contribution in [0.1, 0.15) is 0 Å². The highest BCUT2D eigenvalue weighted by molar-refractivity contribution is 5.92. The number of para-hydroxylation sites is 1. The first kappa shape index (κ1) is 15.6. The molecule has 1 rings (SSSR count). The number of carbonyl (C=O) groups is 1. The van der Waals surface area contributed by atoms with Gasteiger partial charge < -0.3 is 20.1 Å². The molecule has 0 heterocycles. The molecule has 2 N–H and O–H groups in total. The lowest BCUT2D eigenvalue weighted by Gasteiger charge is -2.07. The number of rotatable bonds is 9. The summed E-state index contributed by atoms with van der Waals surface area (Å²) in [5.41, 5.74) is 0.186. The van der Waals surface area contributed by atoms with E-state index in [4.69, 9.17) is 9.47 Å². The highest BCUT2D eigenvalue weighted by atomic mass is 19.1. The second-order valence-electron chi connectivity index (χ2n) is 3.81. The van der Waals surface area contributed by atoms with E-state index in [1.807, 2.05) is 0 Å². The molecular formula is C13H19FN2O3. The summed E-state index contributed by atoms with van der Waals surface area (Å²) in [4.78, 5) is 11.5. The summed E-state index contributed by atoms with van der Waals surface area (Å²) in [6.07, 6.45) is 0. The lowest BCUT2D eigenvalue weighted by Crippen LogP contribution is -2.30. The van der Waals surface area contributed by atoms with Crippen LogP contribution in [0.2, 0.25) is 0 Å². The quantitative estimate of drug-likeness (QED) is 0.658. The van der Waals surface area contributed by atoms with E-state index >= 15 is 0 Å². The van der Waals surface area contributed by atoms with Crippen LogP contribution >= 0.6 is 0 Å². The topological polar surface area (TPSA) is 59.6 Å². The van der Waals surface area contributed by atoms with Crippen LogP contribution in [0.4, 0.5) is 10.1 Å². The van der Waals surface area contributed by atoms with Gasteiger partial charge in [0.2, 0.25) is 5.91 Å². The first-order chi connectivity index (χ1) is 9.24. The molecule has 0 bridgehead atoms. The Bertz CT molecular complexity index is 388. The predicted molar refractivity (Wildman–Crippen MR) is 70.6 cm³/mol. The maximum Gasteiger partial charge on any atom is 0.238 e. The second-order valence-corrected chi connectivity index (χ2v) is 3.81. The molecule has 1 aromatic carbocycles. The Kier molecular flexibility index (Phi) is 7.72. The zero-order valence-corrected chi connectivity index (χ0v) is 10.9. The fraction of sp³-hybridized carbons (Fsp3) is 0.462. The van der Waals surface area contributed by atoms with Crippen LogP contribution in [0, 0.1) is 5.82 Å². The van der Waals surface area contributed by atoms with Gasteiger partial charge >= 0.3 is 0 Å². The second kappa shape index (κ2) is 9.43. The number of benzene rings is 1. The summed E-state index contributed by atoms with van der Waals surface area (Å²) in [6, 6.07) is 6.05. The number of amides is 1. The Morgan fingerprint density at radius 1 is 1.26 bits per heavy atom. The van der Waals surface area contributed by atoms with E-state index in [1.54, 1.807) is 19.2 Å². The predicted octanol–water partition coefficient (Wildman–Crippen LogP) is 1.02. The number of anilines is 1. The Hall–Kier alpha value is -1.50. The number of halogens is 1. The van der Waals surface area contributed by atoms with Gasteiger partial charge in [-0.2, -0.15) is 0 Å². The Labute approximate surface area is 112 Å². The van der Waals surface area contributed by atoms with Crippen LogP contribution in [-0.2, 0) is 14.3 Å². The average Bonchev–Trinajstić information content (AvgIpc) is 2.40. The maximum absolute atomic E-state index is 13.2. The molecule has 0 radical (unpaired) electrons. The zero-order chi connectivity index (χ0) is 13.9. The summed E-state index contributed by atoms with van der Waals surface area (Å²) in [6.45, 7) is 2.24. The van der Waals surface area contributed by atoms with Crippen molar-refractivity contribution in [2.45, 2.75) is 0 Å². The van der Waals surface area contributed by atoms with Crippen LogP contribution in [-0.4, -0.2) is 45.9 Å². The molecular weight excluding hydrogens is 251 g/mol. The van der Waals surface area contributed by atoms with Crippen LogP contribution in [0.25, 0.3) is 0 Å². The van der Waals surface area contributed by atoms with Crippen molar-refractivity contribution in [3.8, 4) is 0 Å². The van der Waals surface area contributed by atoms with Gasteiger partial charge in [0.05, 0.1) is 32.1 Å². The molecule has 5 nitrogen and oxygen atoms in total. The van der Waals surface area contributed by atoms with E-state index in [9.17, 15) is 9.18 Å². The third-order valence-electron chi connectivity index (χ3n) is 2.29. The molecule has 0 unspecified atom stereocenters. The Morgan fingerprint density at radius 3 is 2.79 bits per heavy atom. The largest absolute Gasteiger partial charge is 0.382 e. The van der Waals surface area contributed by atoms with Gasteiger partial charge in [-0.25, -0.2) is 4.39 Å². The lowest BCUT2D eigenvalue weighted by atomic mass is 10.3. The molecule has 0 saturated heterocycles. The molecule has 0 spiro atoms. The minimum atomic E-state index is -0.446. The number of nitrogens with one attached hydrogen (secondary N) is 2. The van der Waals surface area contributed by atoms with Crippen molar-refractivity contribution in [2.24, 2.45) is 0 Å². The minimum absolute atomic E-state index is 0.113. The van der Waals surface area contributed by atoms with E-state index in [0.29, 0.717) is 26.4 Å². The van der Waals surface area contributed by atoms with Crippen molar-refractivity contribution in [3.63, 3.8) is 0 Å². The summed E-state index contributed by atoms with van der Waals surface area (Å²) < 4.78 is 23.3. The third-order valence-corrected chi connectivity index (χ3v) is 2.29. The number of ether oxygens (including phenoxy) is 2. The molecule has 0 aromatic heterocycles. The molecule has 106 valence electrons. The van der Waals surface area contributed by atoms with Crippen molar-refractivity contribution >= 4 is 11.6 Å². The molecule has 0 atom stereocenters. The molecule has 19 heavy (non-hydrogen) atoms. The first-order valence-corrected chi connectivity index (χ1v) is 6.06. The molecule has 6 heteroatoms. The Balaban J connectivity index is 2.10. The van der Waals surface area contributed by atoms with Gasteiger partial charge in [-0.3, -0.25) is 4.79 Å². The van der Waals surface area contributed by atoms with Gasteiger partial charge in [-0.05, 0) is 12.1 Å². The molecule has 0 fully saturated rings. The monoisotopic (exact) mass is 270 g/mol. The summed E-state index contributed by atoms with van der Waals surface area (Å²) in [5.74, 6) is -0.735. The summed E-state index contributed by atoms with van der Waals surface area (Å²) in [7, 11) is 1.61. The molecule has 1 amide bonds.